The summed E-state index contributed by atoms with van der Waals surface area (Å²) in [5.41, 5.74) is 8.14. The predicted molar refractivity (Wildman–Crippen MR) is 87.7 cm³/mol. The molecular formula is C13H19ClIN3. The van der Waals surface area contributed by atoms with Gasteiger partial charge in [-0.05, 0) is 37.0 Å². The average molecular weight is 380 g/mol. The Bertz CT molecular complexity index is 444. The van der Waals surface area contributed by atoms with Crippen molar-refractivity contribution in [1.29, 1.82) is 0 Å². The van der Waals surface area contributed by atoms with E-state index in [4.69, 9.17) is 17.3 Å². The second-order valence-electron chi connectivity index (χ2n) is 4.60. The van der Waals surface area contributed by atoms with Gasteiger partial charge in [-0.25, -0.2) is 4.99 Å². The number of nitrogens with zero attached hydrogens (tertiary/aromatic N) is 2. The van der Waals surface area contributed by atoms with E-state index in [2.05, 4.69) is 16.0 Å². The number of benzene rings is 1. The zero-order valence-corrected chi connectivity index (χ0v) is 13.8. The molecule has 100 valence electrons. The molecule has 0 heterocycles. The maximum atomic E-state index is 5.97. The maximum Gasteiger partial charge on any atom is 0.191 e. The molecule has 1 fully saturated rings. The molecule has 0 unspecified atom stereocenters. The molecule has 0 radical (unpaired) electrons. The Balaban J connectivity index is 0.00000162. The summed E-state index contributed by atoms with van der Waals surface area (Å²) in [4.78, 5) is 6.46. The number of aryl methyl sites for hydroxylation is 1. The van der Waals surface area contributed by atoms with Gasteiger partial charge in [0.1, 0.15) is 0 Å². The number of hydrogen-bond acceptors (Lipinski definition) is 1. The lowest BCUT2D eigenvalue weighted by molar-refractivity contribution is 0.487. The van der Waals surface area contributed by atoms with Gasteiger partial charge in [0.25, 0.3) is 0 Å². The van der Waals surface area contributed by atoms with E-state index in [0.717, 1.165) is 16.1 Å². The van der Waals surface area contributed by atoms with E-state index in [9.17, 15) is 0 Å². The van der Waals surface area contributed by atoms with Crippen LogP contribution in [0.1, 0.15) is 24.0 Å². The first-order valence-electron chi connectivity index (χ1n) is 5.85. The smallest absolute Gasteiger partial charge is 0.191 e. The van der Waals surface area contributed by atoms with Gasteiger partial charge in [0, 0.05) is 18.1 Å². The second-order valence-corrected chi connectivity index (χ2v) is 5.01. The first-order chi connectivity index (χ1) is 8.08. The topological polar surface area (TPSA) is 41.6 Å². The number of nitrogens with two attached hydrogens (primary N) is 1. The van der Waals surface area contributed by atoms with Crippen molar-refractivity contribution >= 4 is 41.5 Å². The molecular weight excluding hydrogens is 361 g/mol. The van der Waals surface area contributed by atoms with Gasteiger partial charge in [-0.1, -0.05) is 23.7 Å². The number of halogens is 2. The maximum absolute atomic E-state index is 5.97. The Labute approximate surface area is 130 Å². The lowest BCUT2D eigenvalue weighted by Crippen LogP contribution is -2.35. The summed E-state index contributed by atoms with van der Waals surface area (Å²) in [5, 5.41) is 0.792. The lowest BCUT2D eigenvalue weighted by atomic mass is 10.1. The molecule has 0 bridgehead atoms. The van der Waals surface area contributed by atoms with E-state index in [0.29, 0.717) is 18.5 Å². The molecule has 1 aliphatic rings. The van der Waals surface area contributed by atoms with E-state index in [-0.39, 0.29) is 24.0 Å². The van der Waals surface area contributed by atoms with Crippen LogP contribution in [0.2, 0.25) is 5.02 Å². The Kier molecular flexibility index (Phi) is 5.72. The molecule has 0 aliphatic heterocycles. The van der Waals surface area contributed by atoms with E-state index >= 15 is 0 Å². The lowest BCUT2D eigenvalue weighted by Gasteiger charge is -2.16. The monoisotopic (exact) mass is 379 g/mol. The van der Waals surface area contributed by atoms with Crippen LogP contribution in [0.5, 0.6) is 0 Å². The van der Waals surface area contributed by atoms with Crippen molar-refractivity contribution in [2.75, 3.05) is 7.05 Å². The molecule has 1 aromatic carbocycles. The first-order valence-corrected chi connectivity index (χ1v) is 6.23. The highest BCUT2D eigenvalue weighted by atomic mass is 127. The van der Waals surface area contributed by atoms with Gasteiger partial charge in [-0.2, -0.15) is 0 Å². The molecule has 0 atom stereocenters. The molecule has 0 spiro atoms. The fourth-order valence-corrected chi connectivity index (χ4v) is 1.86. The van der Waals surface area contributed by atoms with Crippen molar-refractivity contribution < 1.29 is 0 Å². The number of hydrogen-bond donors (Lipinski definition) is 1. The van der Waals surface area contributed by atoms with Gasteiger partial charge < -0.3 is 10.6 Å². The highest BCUT2D eigenvalue weighted by molar-refractivity contribution is 14.0. The van der Waals surface area contributed by atoms with Gasteiger partial charge in [0.05, 0.1) is 6.54 Å². The molecule has 0 aromatic heterocycles. The zero-order valence-electron chi connectivity index (χ0n) is 10.7. The third-order valence-electron chi connectivity index (χ3n) is 3.10. The van der Waals surface area contributed by atoms with Crippen LogP contribution in [-0.2, 0) is 6.54 Å². The molecule has 1 saturated carbocycles. The van der Waals surface area contributed by atoms with Gasteiger partial charge in [-0.15, -0.1) is 24.0 Å². The molecule has 3 nitrogen and oxygen atoms in total. The van der Waals surface area contributed by atoms with Gasteiger partial charge >= 0.3 is 0 Å². The summed E-state index contributed by atoms with van der Waals surface area (Å²) in [7, 11) is 2.00. The predicted octanol–water partition coefficient (Wildman–Crippen LogP) is 3.18. The minimum atomic E-state index is 0. The molecule has 5 heteroatoms. The number of rotatable bonds is 3. The third kappa shape index (κ3) is 4.02. The molecule has 1 aromatic rings. The quantitative estimate of drug-likeness (QED) is 0.498. The fourth-order valence-electron chi connectivity index (χ4n) is 1.74. The Morgan fingerprint density at radius 2 is 2.17 bits per heavy atom. The third-order valence-corrected chi connectivity index (χ3v) is 3.53. The summed E-state index contributed by atoms with van der Waals surface area (Å²) in [6, 6.07) is 6.55. The minimum absolute atomic E-state index is 0. The van der Waals surface area contributed by atoms with Crippen LogP contribution < -0.4 is 5.73 Å². The van der Waals surface area contributed by atoms with Crippen molar-refractivity contribution in [2.45, 2.75) is 32.4 Å². The van der Waals surface area contributed by atoms with E-state index in [1.807, 2.05) is 26.1 Å². The van der Waals surface area contributed by atoms with Crippen LogP contribution in [0, 0.1) is 6.92 Å². The van der Waals surface area contributed by atoms with Crippen LogP contribution >= 0.6 is 35.6 Å². The van der Waals surface area contributed by atoms with Crippen LogP contribution in [0.15, 0.2) is 23.2 Å². The molecule has 0 amide bonds. The first kappa shape index (κ1) is 15.6. The van der Waals surface area contributed by atoms with Crippen molar-refractivity contribution in [3.05, 3.63) is 34.3 Å². The number of aliphatic imine (C=N–C) groups is 1. The van der Waals surface area contributed by atoms with Gasteiger partial charge in [-0.3, -0.25) is 0 Å². The summed E-state index contributed by atoms with van der Waals surface area (Å²) in [5.74, 6) is 0.625. The van der Waals surface area contributed by atoms with Gasteiger partial charge in [0.15, 0.2) is 5.96 Å². The zero-order chi connectivity index (χ0) is 12.4. The summed E-state index contributed by atoms with van der Waals surface area (Å²) in [6.45, 7) is 2.61. The highest BCUT2D eigenvalue weighted by Gasteiger charge is 2.27. The van der Waals surface area contributed by atoms with Crippen molar-refractivity contribution in [1.82, 2.24) is 4.90 Å². The van der Waals surface area contributed by atoms with Crippen LogP contribution in [0.25, 0.3) is 0 Å². The SMILES string of the molecule is Cc1cc(CN=C(N)N(C)C2CC2)ccc1Cl.I. The molecule has 1 aliphatic carbocycles. The van der Waals surface area contributed by atoms with Crippen molar-refractivity contribution in [3.63, 3.8) is 0 Å². The Hall–Kier alpha value is -0.490. The molecule has 2 rings (SSSR count). The summed E-state index contributed by atoms with van der Waals surface area (Å²) >= 11 is 5.97. The van der Waals surface area contributed by atoms with Crippen molar-refractivity contribution in [2.24, 2.45) is 10.7 Å². The second kappa shape index (κ2) is 6.61. The van der Waals surface area contributed by atoms with E-state index in [1.54, 1.807) is 0 Å². The minimum Gasteiger partial charge on any atom is -0.370 e. The fraction of sp³-hybridized carbons (Fsp3) is 0.462. The molecule has 18 heavy (non-hydrogen) atoms. The largest absolute Gasteiger partial charge is 0.370 e. The highest BCUT2D eigenvalue weighted by Crippen LogP contribution is 2.25. The van der Waals surface area contributed by atoms with Crippen LogP contribution in [-0.4, -0.2) is 23.9 Å². The summed E-state index contributed by atoms with van der Waals surface area (Å²) in [6.07, 6.45) is 2.46. The van der Waals surface area contributed by atoms with Crippen LogP contribution in [0.4, 0.5) is 0 Å². The standard InChI is InChI=1S/C13H18ClN3.HI/c1-9-7-10(3-6-12(9)14)8-16-13(15)17(2)11-4-5-11;/h3,6-7,11H,4-5,8H2,1-2H3,(H2,15,16);1H. The van der Waals surface area contributed by atoms with Crippen LogP contribution in [0.3, 0.4) is 0 Å². The van der Waals surface area contributed by atoms with Crippen molar-refractivity contribution in [3.8, 4) is 0 Å². The van der Waals surface area contributed by atoms with Gasteiger partial charge in [0.2, 0.25) is 0 Å². The Morgan fingerprint density at radius 1 is 1.50 bits per heavy atom. The summed E-state index contributed by atoms with van der Waals surface area (Å²) < 4.78 is 0. The molecule has 0 saturated heterocycles. The number of guanidine groups is 1. The average Bonchev–Trinajstić information content (AvgIpc) is 3.13. The molecule has 2 N–H and O–H groups in total. The van der Waals surface area contributed by atoms with E-state index in [1.165, 1.54) is 12.8 Å². The normalized spacial score (nSPS) is 15.2. The van der Waals surface area contributed by atoms with E-state index < -0.39 is 0 Å². The Morgan fingerprint density at radius 3 is 2.72 bits per heavy atom.